The second kappa shape index (κ2) is 18.0. The Morgan fingerprint density at radius 2 is 1.75 bits per heavy atom. The molecule has 308 valence electrons. The SMILES string of the molecule is C=CCC1=C(/C=C\CC)C(C(=O)c2c(C)cc(C)cc2C)=CCc2c1n(CC1CCCC1C)c1ccc(C(=O)/C(=N\OC(C)=O)c3ccccc3OCC(F)(F)F)cc21. The Labute approximate surface area is 344 Å². The number of para-hydroxylation sites is 1. The van der Waals surface area contributed by atoms with Crippen LogP contribution in [0.5, 0.6) is 5.75 Å². The van der Waals surface area contributed by atoms with Gasteiger partial charge in [-0.15, -0.1) is 6.58 Å². The van der Waals surface area contributed by atoms with Gasteiger partial charge in [0.05, 0.1) is 0 Å². The molecule has 0 saturated heterocycles. The number of hydrogen-bond donors (Lipinski definition) is 0. The topological polar surface area (TPSA) is 87.0 Å². The molecule has 0 radical (unpaired) electrons. The van der Waals surface area contributed by atoms with E-state index in [0.29, 0.717) is 35.8 Å². The highest BCUT2D eigenvalue weighted by molar-refractivity contribution is 6.52. The van der Waals surface area contributed by atoms with Crippen molar-refractivity contribution in [3.8, 4) is 5.75 Å². The highest BCUT2D eigenvalue weighted by atomic mass is 19.4. The van der Waals surface area contributed by atoms with Crippen LogP contribution in [0.2, 0.25) is 0 Å². The molecule has 1 saturated carbocycles. The minimum Gasteiger partial charge on any atom is -0.483 e. The Kier molecular flexibility index (Phi) is 13.1. The molecule has 0 bridgehead atoms. The zero-order chi connectivity index (χ0) is 42.6. The zero-order valence-corrected chi connectivity index (χ0v) is 34.6. The summed E-state index contributed by atoms with van der Waals surface area (Å²) in [5, 5.41) is 4.66. The molecular weight excluding hydrogens is 754 g/mol. The quantitative estimate of drug-likeness (QED) is 0.0416. The smallest absolute Gasteiger partial charge is 0.422 e. The molecule has 7 nitrogen and oxygen atoms in total. The fraction of sp³-hybridized carbons (Fsp3) is 0.347. The highest BCUT2D eigenvalue weighted by Crippen LogP contribution is 2.43. The molecule has 1 fully saturated rings. The van der Waals surface area contributed by atoms with Crippen LogP contribution in [0.1, 0.15) is 107 Å². The van der Waals surface area contributed by atoms with Gasteiger partial charge in [0.2, 0.25) is 5.78 Å². The summed E-state index contributed by atoms with van der Waals surface area (Å²) in [6.45, 7) is 14.7. The summed E-state index contributed by atoms with van der Waals surface area (Å²) in [6.07, 6.45) is 8.33. The van der Waals surface area contributed by atoms with Crippen LogP contribution >= 0.6 is 0 Å². The lowest BCUT2D eigenvalue weighted by atomic mass is 9.87. The minimum atomic E-state index is -4.64. The van der Waals surface area contributed by atoms with E-state index in [1.807, 2.05) is 51.1 Å². The van der Waals surface area contributed by atoms with E-state index in [1.54, 1.807) is 12.1 Å². The number of halogens is 3. The number of aromatic nitrogens is 1. The molecule has 3 aromatic carbocycles. The van der Waals surface area contributed by atoms with Gasteiger partial charge in [0.25, 0.3) is 0 Å². The molecule has 2 aliphatic carbocycles. The Bertz CT molecular complexity index is 2420. The van der Waals surface area contributed by atoms with Gasteiger partial charge in [0, 0.05) is 52.3 Å². The molecule has 0 N–H and O–H groups in total. The van der Waals surface area contributed by atoms with Gasteiger partial charge < -0.3 is 14.1 Å². The number of alkyl halides is 3. The third-order valence-corrected chi connectivity index (χ3v) is 11.3. The summed E-state index contributed by atoms with van der Waals surface area (Å²) in [5.74, 6) is -0.892. The van der Waals surface area contributed by atoms with Crippen molar-refractivity contribution in [1.29, 1.82) is 0 Å². The molecular formula is C49H51F3N2O5. The van der Waals surface area contributed by atoms with Crippen LogP contribution in [0, 0.1) is 32.6 Å². The first kappa shape index (κ1) is 42.8. The van der Waals surface area contributed by atoms with Crippen molar-refractivity contribution in [1.82, 2.24) is 4.57 Å². The molecule has 4 aromatic rings. The van der Waals surface area contributed by atoms with Crippen molar-refractivity contribution in [2.75, 3.05) is 6.61 Å². The number of carbonyl (C=O) groups excluding carboxylic acids is 3. The summed E-state index contributed by atoms with van der Waals surface area (Å²) in [4.78, 5) is 46.3. The van der Waals surface area contributed by atoms with Crippen LogP contribution in [0.15, 0.2) is 102 Å². The predicted molar refractivity (Wildman–Crippen MR) is 227 cm³/mol. The number of ether oxygens (including phenoxy) is 1. The van der Waals surface area contributed by atoms with Crippen LogP contribution in [0.3, 0.4) is 0 Å². The van der Waals surface area contributed by atoms with Crippen molar-refractivity contribution >= 4 is 39.7 Å². The maximum atomic E-state index is 14.8. The molecule has 0 amide bonds. The van der Waals surface area contributed by atoms with Crippen LogP contribution in [0.25, 0.3) is 16.5 Å². The molecule has 10 heteroatoms. The lowest BCUT2D eigenvalue weighted by Gasteiger charge is -2.22. The summed E-state index contributed by atoms with van der Waals surface area (Å²) >= 11 is 0. The first-order valence-corrected chi connectivity index (χ1v) is 20.2. The number of rotatable bonds is 14. The fourth-order valence-electron chi connectivity index (χ4n) is 8.71. The Balaban J connectivity index is 1.59. The number of allylic oxidation sites excluding steroid dienone is 7. The number of aryl methyl sites for hydroxylation is 3. The third kappa shape index (κ3) is 9.27. The number of ketones is 2. The Morgan fingerprint density at radius 3 is 2.39 bits per heavy atom. The van der Waals surface area contributed by atoms with Crippen LogP contribution in [0.4, 0.5) is 13.2 Å². The van der Waals surface area contributed by atoms with E-state index in [1.165, 1.54) is 24.3 Å². The monoisotopic (exact) mass is 804 g/mol. The van der Waals surface area contributed by atoms with Gasteiger partial charge in [-0.05, 0) is 116 Å². The second-order valence-corrected chi connectivity index (χ2v) is 15.7. The molecule has 1 aromatic heterocycles. The third-order valence-electron chi connectivity index (χ3n) is 11.3. The van der Waals surface area contributed by atoms with Gasteiger partial charge in [-0.3, -0.25) is 9.59 Å². The van der Waals surface area contributed by atoms with Gasteiger partial charge in [0.1, 0.15) is 5.75 Å². The fourth-order valence-corrected chi connectivity index (χ4v) is 8.71. The van der Waals surface area contributed by atoms with E-state index >= 15 is 0 Å². The summed E-state index contributed by atoms with van der Waals surface area (Å²) < 4.78 is 47.2. The van der Waals surface area contributed by atoms with Gasteiger partial charge in [-0.1, -0.05) is 86.0 Å². The highest BCUT2D eigenvalue weighted by Gasteiger charge is 2.33. The van der Waals surface area contributed by atoms with Crippen molar-refractivity contribution in [2.24, 2.45) is 17.0 Å². The minimum absolute atomic E-state index is 0.0589. The van der Waals surface area contributed by atoms with Gasteiger partial charge in [-0.25, -0.2) is 4.79 Å². The molecule has 59 heavy (non-hydrogen) atoms. The standard InChI is InChI=1S/C49H51F3N2O5/c1-8-10-17-36-37(14-9-2)46-38(21-22-39(36)48(57)44-31(5)24-29(3)25-32(44)6)41-26-34(20-23-42(41)54(46)27-35-16-13-15-30(35)4)47(56)45(53-59-33(7)55)40-18-11-12-19-43(40)58-28-49(50,51)52/h9-12,17-20,22-26,30,35H,2,8,13-16,21,27-28H2,1,3-7H3/b17-10-,53-45-. The first-order chi connectivity index (χ1) is 28.1. The second-order valence-electron chi connectivity index (χ2n) is 15.7. The van der Waals surface area contributed by atoms with E-state index in [-0.39, 0.29) is 22.7 Å². The zero-order valence-electron chi connectivity index (χ0n) is 34.6. The number of hydrogen-bond acceptors (Lipinski definition) is 6. The van der Waals surface area contributed by atoms with Gasteiger partial charge in [-0.2, -0.15) is 13.2 Å². The van der Waals surface area contributed by atoms with Crippen LogP contribution < -0.4 is 4.74 Å². The number of fused-ring (bicyclic) bond motifs is 3. The van der Waals surface area contributed by atoms with E-state index in [2.05, 4.69) is 42.3 Å². The van der Waals surface area contributed by atoms with E-state index < -0.39 is 30.2 Å². The van der Waals surface area contributed by atoms with Crippen molar-refractivity contribution < 1.29 is 37.1 Å². The summed E-state index contributed by atoms with van der Waals surface area (Å²) in [5.41, 5.74) is 8.52. The maximum Gasteiger partial charge on any atom is 0.422 e. The van der Waals surface area contributed by atoms with Crippen LogP contribution in [-0.2, 0) is 22.6 Å². The maximum absolute atomic E-state index is 14.8. The molecule has 1 heterocycles. The van der Waals surface area contributed by atoms with Crippen LogP contribution in [-0.4, -0.2) is 40.6 Å². The lowest BCUT2D eigenvalue weighted by Crippen LogP contribution is -2.22. The number of carbonyl (C=O) groups is 3. The Hall–Kier alpha value is -5.77. The Morgan fingerprint density at radius 1 is 1.02 bits per heavy atom. The summed E-state index contributed by atoms with van der Waals surface area (Å²) in [6, 6.07) is 15.1. The molecule has 0 aliphatic heterocycles. The molecule has 2 atom stereocenters. The average Bonchev–Trinajstić information content (AvgIpc) is 3.67. The lowest BCUT2D eigenvalue weighted by molar-refractivity contribution is -0.153. The number of Topliss-reactive ketones (excluding diaryl/α,β-unsaturated/α-hetero) is 2. The first-order valence-electron chi connectivity index (χ1n) is 20.2. The largest absolute Gasteiger partial charge is 0.483 e. The predicted octanol–water partition coefficient (Wildman–Crippen LogP) is 11.8. The van der Waals surface area contributed by atoms with Gasteiger partial charge in [0.15, 0.2) is 18.1 Å². The molecule has 6 rings (SSSR count). The van der Waals surface area contributed by atoms with E-state index in [4.69, 9.17) is 9.57 Å². The number of nitrogens with zero attached hydrogens (tertiary/aromatic N) is 2. The molecule has 2 aliphatic rings. The number of benzene rings is 3. The molecule has 2 unspecified atom stereocenters. The van der Waals surface area contributed by atoms with Crippen molar-refractivity contribution in [3.05, 3.63) is 141 Å². The molecule has 0 spiro atoms. The van der Waals surface area contributed by atoms with E-state index in [9.17, 15) is 27.6 Å². The van der Waals surface area contributed by atoms with E-state index in [0.717, 1.165) is 89.1 Å². The van der Waals surface area contributed by atoms with Crippen molar-refractivity contribution in [3.63, 3.8) is 0 Å². The number of oxime groups is 1. The average molecular weight is 805 g/mol. The van der Waals surface area contributed by atoms with Crippen molar-refractivity contribution in [2.45, 2.75) is 92.8 Å². The summed E-state index contributed by atoms with van der Waals surface area (Å²) in [7, 11) is 0. The normalized spacial score (nSPS) is 17.2. The van der Waals surface area contributed by atoms with Gasteiger partial charge >= 0.3 is 12.1 Å².